The Labute approximate surface area is 73.7 Å². The maximum atomic E-state index is 5.65. The third-order valence-corrected chi connectivity index (χ3v) is 2.90. The molecule has 0 amide bonds. The molecule has 0 radical (unpaired) electrons. The van der Waals surface area contributed by atoms with Crippen molar-refractivity contribution in [2.75, 3.05) is 0 Å². The molecule has 2 N–H and O–H groups in total. The summed E-state index contributed by atoms with van der Waals surface area (Å²) in [7, 11) is 0. The lowest BCUT2D eigenvalue weighted by Crippen LogP contribution is -2.22. The SMILES string of the molecule is C[C@H]1[C@H]2N=C(N)C[C@H](C)[C@@H]12.Cl. The first kappa shape index (κ1) is 8.85. The molecule has 0 aromatic heterocycles. The monoisotopic (exact) mass is 174 g/mol. The van der Waals surface area contributed by atoms with Crippen LogP contribution in [0.2, 0.25) is 0 Å². The van der Waals surface area contributed by atoms with E-state index in [2.05, 4.69) is 18.8 Å². The summed E-state index contributed by atoms with van der Waals surface area (Å²) in [5.41, 5.74) is 5.65. The minimum absolute atomic E-state index is 0. The first-order valence-corrected chi connectivity index (χ1v) is 4.02. The van der Waals surface area contributed by atoms with Crippen molar-refractivity contribution < 1.29 is 0 Å². The van der Waals surface area contributed by atoms with E-state index in [9.17, 15) is 0 Å². The molecule has 0 unspecified atom stereocenters. The molecule has 0 aromatic rings. The van der Waals surface area contributed by atoms with Gasteiger partial charge in [-0.1, -0.05) is 13.8 Å². The number of hydrogen-bond acceptors (Lipinski definition) is 2. The number of rotatable bonds is 0. The van der Waals surface area contributed by atoms with Crippen molar-refractivity contribution in [3.05, 3.63) is 0 Å². The second kappa shape index (κ2) is 2.67. The van der Waals surface area contributed by atoms with Gasteiger partial charge in [0.05, 0.1) is 11.9 Å². The average Bonchev–Trinajstić information content (AvgIpc) is 2.42. The average molecular weight is 175 g/mol. The van der Waals surface area contributed by atoms with Gasteiger partial charge < -0.3 is 5.73 Å². The Morgan fingerprint density at radius 2 is 2.09 bits per heavy atom. The minimum atomic E-state index is 0. The second-order valence-corrected chi connectivity index (χ2v) is 3.73. The summed E-state index contributed by atoms with van der Waals surface area (Å²) >= 11 is 0. The lowest BCUT2D eigenvalue weighted by atomic mass is 9.98. The van der Waals surface area contributed by atoms with Crippen molar-refractivity contribution in [1.29, 1.82) is 0 Å². The van der Waals surface area contributed by atoms with Crippen LogP contribution in [0.5, 0.6) is 0 Å². The number of hydrogen-bond donors (Lipinski definition) is 1. The molecule has 1 fully saturated rings. The molecule has 2 nitrogen and oxygen atoms in total. The largest absolute Gasteiger partial charge is 0.387 e. The van der Waals surface area contributed by atoms with Gasteiger partial charge >= 0.3 is 0 Å². The molecule has 2 rings (SSSR count). The summed E-state index contributed by atoms with van der Waals surface area (Å²) in [6.45, 7) is 4.55. The van der Waals surface area contributed by atoms with Crippen LogP contribution in [0.1, 0.15) is 20.3 Å². The zero-order valence-corrected chi connectivity index (χ0v) is 7.77. The Balaban J connectivity index is 0.000000605. The molecular weight excluding hydrogens is 160 g/mol. The van der Waals surface area contributed by atoms with Crippen molar-refractivity contribution in [2.45, 2.75) is 26.3 Å². The van der Waals surface area contributed by atoms with Gasteiger partial charge in [-0.2, -0.15) is 0 Å². The fourth-order valence-electron chi connectivity index (χ4n) is 2.24. The van der Waals surface area contributed by atoms with Crippen LogP contribution in [0.4, 0.5) is 0 Å². The van der Waals surface area contributed by atoms with E-state index >= 15 is 0 Å². The zero-order chi connectivity index (χ0) is 7.30. The molecule has 3 heteroatoms. The minimum Gasteiger partial charge on any atom is -0.387 e. The van der Waals surface area contributed by atoms with Crippen molar-refractivity contribution in [3.63, 3.8) is 0 Å². The molecule has 1 heterocycles. The van der Waals surface area contributed by atoms with E-state index < -0.39 is 0 Å². The van der Waals surface area contributed by atoms with E-state index in [0.29, 0.717) is 6.04 Å². The van der Waals surface area contributed by atoms with Crippen LogP contribution in [0.15, 0.2) is 4.99 Å². The number of nitrogens with zero attached hydrogens (tertiary/aromatic N) is 1. The Kier molecular flexibility index (Phi) is 2.15. The Morgan fingerprint density at radius 3 is 2.64 bits per heavy atom. The van der Waals surface area contributed by atoms with Gasteiger partial charge in [0.2, 0.25) is 0 Å². The van der Waals surface area contributed by atoms with Crippen LogP contribution in [-0.4, -0.2) is 11.9 Å². The van der Waals surface area contributed by atoms with Crippen LogP contribution < -0.4 is 5.73 Å². The van der Waals surface area contributed by atoms with Crippen LogP contribution in [0.3, 0.4) is 0 Å². The maximum absolute atomic E-state index is 5.65. The van der Waals surface area contributed by atoms with Gasteiger partial charge in [0.15, 0.2) is 0 Å². The molecule has 0 bridgehead atoms. The Hall–Kier alpha value is -0.240. The smallest absolute Gasteiger partial charge is 0.0943 e. The van der Waals surface area contributed by atoms with E-state index in [0.717, 1.165) is 30.0 Å². The fraction of sp³-hybridized carbons (Fsp3) is 0.875. The van der Waals surface area contributed by atoms with Gasteiger partial charge in [-0.3, -0.25) is 4.99 Å². The number of aliphatic imine (C=N–C) groups is 1. The molecule has 0 spiro atoms. The number of halogens is 1. The highest BCUT2D eigenvalue weighted by Gasteiger charge is 2.51. The van der Waals surface area contributed by atoms with Crippen LogP contribution in [-0.2, 0) is 0 Å². The molecule has 1 saturated carbocycles. The molecule has 0 aromatic carbocycles. The molecule has 2 aliphatic rings. The van der Waals surface area contributed by atoms with Crippen molar-refractivity contribution in [3.8, 4) is 0 Å². The van der Waals surface area contributed by atoms with E-state index in [1.807, 2.05) is 0 Å². The second-order valence-electron chi connectivity index (χ2n) is 3.73. The molecule has 0 saturated heterocycles. The van der Waals surface area contributed by atoms with Gasteiger partial charge in [0.1, 0.15) is 0 Å². The third-order valence-electron chi connectivity index (χ3n) is 2.90. The quantitative estimate of drug-likeness (QED) is 0.593. The number of amidine groups is 1. The van der Waals surface area contributed by atoms with Gasteiger partial charge in [0, 0.05) is 6.42 Å². The standard InChI is InChI=1S/C8H14N2.ClH/c1-4-3-6(9)10-8-5(2)7(4)8;/h4-5,7-8H,3H2,1-2H3,(H2,9,10);1H/t4-,5+,7-,8+;/m0./s1. The van der Waals surface area contributed by atoms with Crippen LogP contribution in [0, 0.1) is 17.8 Å². The molecule has 11 heavy (non-hydrogen) atoms. The highest BCUT2D eigenvalue weighted by Crippen LogP contribution is 2.50. The summed E-state index contributed by atoms with van der Waals surface area (Å²) in [6, 6.07) is 0.587. The fourth-order valence-corrected chi connectivity index (χ4v) is 2.24. The maximum Gasteiger partial charge on any atom is 0.0943 e. The summed E-state index contributed by atoms with van der Waals surface area (Å²) in [4.78, 5) is 4.38. The summed E-state index contributed by atoms with van der Waals surface area (Å²) in [6.07, 6.45) is 1.02. The summed E-state index contributed by atoms with van der Waals surface area (Å²) in [5, 5.41) is 0. The van der Waals surface area contributed by atoms with E-state index in [4.69, 9.17) is 5.73 Å². The predicted octanol–water partition coefficient (Wildman–Crippen LogP) is 1.44. The van der Waals surface area contributed by atoms with E-state index in [-0.39, 0.29) is 12.4 Å². The molecule has 64 valence electrons. The van der Waals surface area contributed by atoms with Gasteiger partial charge in [0.25, 0.3) is 0 Å². The molecule has 1 aliphatic carbocycles. The Bertz CT molecular complexity index is 191. The highest BCUT2D eigenvalue weighted by molar-refractivity contribution is 5.85. The zero-order valence-electron chi connectivity index (χ0n) is 6.95. The first-order chi connectivity index (χ1) is 4.70. The van der Waals surface area contributed by atoms with Gasteiger partial charge in [-0.25, -0.2) is 0 Å². The van der Waals surface area contributed by atoms with E-state index in [1.54, 1.807) is 0 Å². The first-order valence-electron chi connectivity index (χ1n) is 4.02. The molecular formula is C8H15ClN2. The lowest BCUT2D eigenvalue weighted by molar-refractivity contribution is 0.481. The number of fused-ring (bicyclic) bond motifs is 1. The number of nitrogens with two attached hydrogens (primary N) is 1. The van der Waals surface area contributed by atoms with Crippen molar-refractivity contribution >= 4 is 18.2 Å². The van der Waals surface area contributed by atoms with Crippen LogP contribution in [0.25, 0.3) is 0 Å². The normalized spacial score (nSPS) is 46.9. The highest BCUT2D eigenvalue weighted by atomic mass is 35.5. The van der Waals surface area contributed by atoms with Crippen molar-refractivity contribution in [2.24, 2.45) is 28.5 Å². The Morgan fingerprint density at radius 1 is 1.45 bits per heavy atom. The third kappa shape index (κ3) is 1.24. The topological polar surface area (TPSA) is 38.4 Å². The summed E-state index contributed by atoms with van der Waals surface area (Å²) < 4.78 is 0. The molecule has 4 atom stereocenters. The molecule has 1 aliphatic heterocycles. The van der Waals surface area contributed by atoms with Crippen LogP contribution >= 0.6 is 12.4 Å². The predicted molar refractivity (Wildman–Crippen MR) is 49.1 cm³/mol. The lowest BCUT2D eigenvalue weighted by Gasteiger charge is -2.13. The van der Waals surface area contributed by atoms with Gasteiger partial charge in [-0.05, 0) is 17.8 Å². The van der Waals surface area contributed by atoms with Gasteiger partial charge in [-0.15, -0.1) is 12.4 Å². The van der Waals surface area contributed by atoms with Crippen molar-refractivity contribution in [1.82, 2.24) is 0 Å². The summed E-state index contributed by atoms with van der Waals surface area (Å²) in [5.74, 6) is 3.30. The van der Waals surface area contributed by atoms with E-state index in [1.165, 1.54) is 0 Å².